The van der Waals surface area contributed by atoms with Gasteiger partial charge in [-0.3, -0.25) is 0 Å². The molecule has 0 fully saturated rings. The Labute approximate surface area is 268 Å². The Morgan fingerprint density at radius 3 is 2.23 bits per heavy atom. The predicted octanol–water partition coefficient (Wildman–Crippen LogP) is 7.07. The van der Waals surface area contributed by atoms with Crippen molar-refractivity contribution in [2.75, 3.05) is 0 Å². The van der Waals surface area contributed by atoms with Gasteiger partial charge in [0.2, 0.25) is 18.3 Å². The first kappa shape index (κ1) is 28.7. The van der Waals surface area contributed by atoms with E-state index in [1.165, 1.54) is 22.5 Å². The summed E-state index contributed by atoms with van der Waals surface area (Å²) >= 11 is 0. The summed E-state index contributed by atoms with van der Waals surface area (Å²) < 4.78 is 4.74. The van der Waals surface area contributed by atoms with Gasteiger partial charge in [-0.25, -0.2) is 10.3 Å². The molecule has 2 aromatic heterocycles. The Morgan fingerprint density at radius 1 is 0.795 bits per heavy atom. The quantitative estimate of drug-likeness (QED) is 0.0943. The van der Waals surface area contributed by atoms with Crippen LogP contribution in [-0.2, 0) is 6.54 Å². The first-order valence-corrected chi connectivity index (χ1v) is 12.8. The van der Waals surface area contributed by atoms with Gasteiger partial charge < -0.3 is 5.73 Å². The summed E-state index contributed by atoms with van der Waals surface area (Å²) in [6, 6.07) is 43.9. The van der Waals surface area contributed by atoms with Gasteiger partial charge in [0.1, 0.15) is 5.69 Å². The van der Waals surface area contributed by atoms with Crippen molar-refractivity contribution in [3.05, 3.63) is 169 Å². The van der Waals surface area contributed by atoms with Crippen molar-refractivity contribution in [1.82, 2.24) is 0 Å². The van der Waals surface area contributed by atoms with Gasteiger partial charge in [-0.05, 0) is 25.1 Å². The van der Waals surface area contributed by atoms with E-state index >= 15 is 0 Å². The number of benzene rings is 3. The van der Waals surface area contributed by atoms with Crippen molar-refractivity contribution in [3.63, 3.8) is 0 Å². The molecule has 0 amide bonds. The Morgan fingerprint density at radius 2 is 1.49 bits per heavy atom. The summed E-state index contributed by atoms with van der Waals surface area (Å²) in [5, 5.41) is 0. The maximum Gasteiger partial charge on any atom is 2.00 e. The fourth-order valence-corrected chi connectivity index (χ4v) is 4.78. The van der Waals surface area contributed by atoms with Crippen LogP contribution in [-0.4, -0.2) is 45.5 Å². The SMILES string of the molecule is C/C=C\C=C(/[NH-])c1[c-]cccc1.[Sr+2].[c-]1ccccc1-c1cccc[n+]1C1C[n+]2ccccc2-c2ccccc21. The van der Waals surface area contributed by atoms with Gasteiger partial charge in [-0.2, -0.15) is 10.1 Å². The van der Waals surface area contributed by atoms with Crippen molar-refractivity contribution >= 4 is 51.2 Å². The molecule has 0 saturated heterocycles. The molecule has 1 aliphatic heterocycles. The summed E-state index contributed by atoms with van der Waals surface area (Å²) in [4.78, 5) is 0. The van der Waals surface area contributed by atoms with Gasteiger partial charge in [0.25, 0.3) is 0 Å². The van der Waals surface area contributed by atoms with E-state index in [9.17, 15) is 0 Å². The molecule has 1 N–H and O–H groups in total. The van der Waals surface area contributed by atoms with Crippen LogP contribution >= 0.6 is 0 Å². The predicted molar refractivity (Wildman–Crippen MR) is 159 cm³/mol. The molecule has 0 spiro atoms. The number of allylic oxidation sites excluding steroid dienone is 3. The van der Waals surface area contributed by atoms with E-state index in [1.54, 1.807) is 6.08 Å². The topological polar surface area (TPSA) is 31.6 Å². The zero-order chi connectivity index (χ0) is 26.2. The molecule has 186 valence electrons. The van der Waals surface area contributed by atoms with Crippen molar-refractivity contribution in [2.24, 2.45) is 0 Å². The molecule has 1 unspecified atom stereocenters. The summed E-state index contributed by atoms with van der Waals surface area (Å²) in [5.41, 5.74) is 15.2. The van der Waals surface area contributed by atoms with E-state index in [-0.39, 0.29) is 51.5 Å². The van der Waals surface area contributed by atoms with Gasteiger partial charge in [0.05, 0.1) is 5.56 Å². The molecule has 39 heavy (non-hydrogen) atoms. The minimum atomic E-state index is 0. The molecular weight excluding hydrogens is 550 g/mol. The van der Waals surface area contributed by atoms with Crippen molar-refractivity contribution in [3.8, 4) is 22.5 Å². The number of rotatable bonds is 4. The number of hydrogen-bond donors (Lipinski definition) is 0. The van der Waals surface area contributed by atoms with Crippen LogP contribution in [0.1, 0.15) is 24.1 Å². The third-order valence-electron chi connectivity index (χ3n) is 6.57. The number of hydrogen-bond acceptors (Lipinski definition) is 0. The Kier molecular flexibility index (Phi) is 10.5. The van der Waals surface area contributed by atoms with Crippen LogP contribution in [0.3, 0.4) is 0 Å². The van der Waals surface area contributed by atoms with E-state index in [2.05, 4.69) is 106 Å². The molecule has 5 aromatic rings. The largest absolute Gasteiger partial charge is 2.00 e. The minimum Gasteiger partial charge on any atom is -0.742 e. The molecule has 1 atom stereocenters. The first-order chi connectivity index (χ1) is 18.8. The fourth-order valence-electron chi connectivity index (χ4n) is 4.78. The van der Waals surface area contributed by atoms with Gasteiger partial charge in [-0.1, -0.05) is 42.0 Å². The summed E-state index contributed by atoms with van der Waals surface area (Å²) in [6.45, 7) is 2.85. The van der Waals surface area contributed by atoms with Crippen molar-refractivity contribution in [2.45, 2.75) is 19.5 Å². The summed E-state index contributed by atoms with van der Waals surface area (Å²) in [5.74, 6) is 0. The average Bonchev–Trinajstić information content (AvgIpc) is 3.00. The second-order valence-electron chi connectivity index (χ2n) is 8.99. The fraction of sp³-hybridized carbons (Fsp3) is 0.0857. The average molecular weight is 580 g/mol. The molecular formula is C35H30N3Sr+. The molecule has 6 rings (SSSR count). The zero-order valence-electron chi connectivity index (χ0n) is 22.2. The monoisotopic (exact) mass is 580 g/mol. The number of nitrogens with one attached hydrogen (secondary N) is 1. The number of nitrogens with zero attached hydrogens (tertiary/aromatic N) is 2. The van der Waals surface area contributed by atoms with E-state index in [1.807, 2.05) is 55.5 Å². The molecule has 0 radical (unpaired) electrons. The third kappa shape index (κ3) is 6.84. The number of fused-ring (bicyclic) bond motifs is 3. The molecule has 0 bridgehead atoms. The van der Waals surface area contributed by atoms with Crippen molar-refractivity contribution < 1.29 is 9.13 Å². The molecule has 3 heterocycles. The first-order valence-electron chi connectivity index (χ1n) is 12.8. The third-order valence-corrected chi connectivity index (χ3v) is 6.57. The maximum absolute atomic E-state index is 7.59. The molecule has 0 aliphatic carbocycles. The van der Waals surface area contributed by atoms with E-state index in [4.69, 9.17) is 5.73 Å². The second kappa shape index (κ2) is 14.2. The molecule has 1 aliphatic rings. The van der Waals surface area contributed by atoms with Gasteiger partial charge in [-0.15, -0.1) is 66.7 Å². The smallest absolute Gasteiger partial charge is 0.742 e. The van der Waals surface area contributed by atoms with Crippen LogP contribution in [0.5, 0.6) is 0 Å². The number of pyridine rings is 2. The standard InChI is InChI=1S/C24H19N2.C11H11N.Sr/c1-2-10-19(11-3-1)22-14-7-9-17-26(22)24-18-25-16-8-6-15-23(25)20-12-4-5-13-21(20)24;1-2-3-9-11(12)10-7-5-4-6-8-10;/h1-10,12-17,24H,18H2;2-7,9,12H,1H3;/q+1;-2;+2/b;3-2-,11-9-;. The van der Waals surface area contributed by atoms with Crippen LogP contribution in [0.4, 0.5) is 0 Å². The molecule has 0 saturated carbocycles. The zero-order valence-corrected chi connectivity index (χ0v) is 25.6. The molecule has 4 heteroatoms. The van der Waals surface area contributed by atoms with Gasteiger partial charge in [0.15, 0.2) is 12.4 Å². The van der Waals surface area contributed by atoms with E-state index in [0.717, 1.165) is 17.7 Å². The van der Waals surface area contributed by atoms with E-state index in [0.29, 0.717) is 5.70 Å². The Hall–Kier alpha value is -3.28. The van der Waals surface area contributed by atoms with Gasteiger partial charge >= 0.3 is 45.5 Å². The van der Waals surface area contributed by atoms with Crippen LogP contribution < -0.4 is 9.13 Å². The normalized spacial score (nSPS) is 13.9. The van der Waals surface area contributed by atoms with Crippen LogP contribution in [0, 0.1) is 12.1 Å². The van der Waals surface area contributed by atoms with Gasteiger partial charge in [0, 0.05) is 23.8 Å². The second-order valence-corrected chi connectivity index (χ2v) is 8.99. The van der Waals surface area contributed by atoms with Crippen LogP contribution in [0.25, 0.3) is 33.9 Å². The van der Waals surface area contributed by atoms with Crippen LogP contribution in [0.15, 0.2) is 140 Å². The summed E-state index contributed by atoms with van der Waals surface area (Å²) in [7, 11) is 0. The summed E-state index contributed by atoms with van der Waals surface area (Å²) in [6.07, 6.45) is 9.87. The van der Waals surface area contributed by atoms with E-state index < -0.39 is 0 Å². The number of aromatic nitrogens is 2. The van der Waals surface area contributed by atoms with Crippen molar-refractivity contribution in [1.29, 1.82) is 0 Å². The minimum absolute atomic E-state index is 0. The van der Waals surface area contributed by atoms with Crippen LogP contribution in [0.2, 0.25) is 0 Å². The molecule has 3 nitrogen and oxygen atoms in total. The Balaban J connectivity index is 0.000000231. The molecule has 3 aromatic carbocycles. The Bertz CT molecular complexity index is 1560. The maximum atomic E-state index is 7.59.